The number of rotatable bonds is 4. The highest BCUT2D eigenvalue weighted by atomic mass is 32.1. The summed E-state index contributed by atoms with van der Waals surface area (Å²) in [5.74, 6) is 0.610. The molecule has 2 heterocycles. The average Bonchev–Trinajstić information content (AvgIpc) is 3.04. The van der Waals surface area contributed by atoms with E-state index in [0.717, 1.165) is 18.5 Å². The number of benzene rings is 2. The fourth-order valence-corrected chi connectivity index (χ4v) is 4.71. The van der Waals surface area contributed by atoms with Gasteiger partial charge in [0, 0.05) is 22.7 Å². The van der Waals surface area contributed by atoms with Crippen LogP contribution < -0.4 is 10.6 Å². The Bertz CT molecular complexity index is 927. The third-order valence-corrected chi connectivity index (χ3v) is 6.34. The van der Waals surface area contributed by atoms with E-state index in [1.165, 1.54) is 26.1 Å². The Morgan fingerprint density at radius 1 is 1.19 bits per heavy atom. The number of thiophene rings is 1. The first-order valence-corrected chi connectivity index (χ1v) is 10.0. The highest BCUT2D eigenvalue weighted by Gasteiger charge is 2.26. The molecule has 1 aromatic heterocycles. The van der Waals surface area contributed by atoms with Gasteiger partial charge in [0.1, 0.15) is 0 Å². The minimum atomic E-state index is -0.157. The van der Waals surface area contributed by atoms with Gasteiger partial charge in [0.15, 0.2) is 0 Å². The van der Waals surface area contributed by atoms with Crippen LogP contribution in [0.4, 0.5) is 0 Å². The molecule has 0 saturated heterocycles. The Labute approximate surface area is 158 Å². The van der Waals surface area contributed by atoms with Crippen molar-refractivity contribution in [3.8, 4) is 0 Å². The third kappa shape index (κ3) is 3.39. The van der Waals surface area contributed by atoms with Crippen molar-refractivity contribution in [2.24, 2.45) is 0 Å². The van der Waals surface area contributed by atoms with E-state index in [1.807, 2.05) is 11.3 Å². The van der Waals surface area contributed by atoms with Gasteiger partial charge in [-0.2, -0.15) is 0 Å². The smallest absolute Gasteiger partial charge is 0.237 e. The summed E-state index contributed by atoms with van der Waals surface area (Å²) < 4.78 is 1.31. The van der Waals surface area contributed by atoms with Crippen molar-refractivity contribution in [1.82, 2.24) is 10.6 Å². The van der Waals surface area contributed by atoms with E-state index in [2.05, 4.69) is 73.0 Å². The van der Waals surface area contributed by atoms with Crippen LogP contribution in [0.1, 0.15) is 41.3 Å². The molecule has 3 aromatic rings. The normalized spacial score (nSPS) is 16.7. The molecule has 4 rings (SSSR count). The second-order valence-electron chi connectivity index (χ2n) is 7.25. The highest BCUT2D eigenvalue weighted by molar-refractivity contribution is 7.19. The molecule has 0 radical (unpaired) electrons. The van der Waals surface area contributed by atoms with Gasteiger partial charge in [-0.3, -0.25) is 4.79 Å². The Hall–Kier alpha value is -2.17. The maximum atomic E-state index is 12.6. The lowest BCUT2D eigenvalue weighted by molar-refractivity contribution is -0.123. The molecule has 2 aromatic carbocycles. The van der Waals surface area contributed by atoms with Crippen molar-refractivity contribution in [1.29, 1.82) is 0 Å². The maximum absolute atomic E-state index is 12.6. The molecule has 0 saturated carbocycles. The summed E-state index contributed by atoms with van der Waals surface area (Å²) in [6.07, 6.45) is 0.761. The van der Waals surface area contributed by atoms with E-state index in [4.69, 9.17) is 0 Å². The summed E-state index contributed by atoms with van der Waals surface area (Å²) in [5, 5.41) is 7.79. The van der Waals surface area contributed by atoms with Crippen molar-refractivity contribution in [3.63, 3.8) is 0 Å². The second kappa shape index (κ2) is 7.22. The summed E-state index contributed by atoms with van der Waals surface area (Å²) in [6.45, 7) is 5.73. The van der Waals surface area contributed by atoms with Crippen molar-refractivity contribution in [2.45, 2.75) is 45.3 Å². The number of carbonyl (C=O) groups is 1. The zero-order valence-corrected chi connectivity index (χ0v) is 16.0. The summed E-state index contributed by atoms with van der Waals surface area (Å²) in [6, 6.07) is 16.8. The van der Waals surface area contributed by atoms with Crippen LogP contribution in [0.2, 0.25) is 0 Å². The van der Waals surface area contributed by atoms with Crippen LogP contribution in [0.15, 0.2) is 48.5 Å². The van der Waals surface area contributed by atoms with Gasteiger partial charge in [-0.15, -0.1) is 11.3 Å². The fraction of sp³-hybridized carbons (Fsp3) is 0.318. The predicted molar refractivity (Wildman–Crippen MR) is 109 cm³/mol. The van der Waals surface area contributed by atoms with Crippen molar-refractivity contribution in [3.05, 3.63) is 70.1 Å². The van der Waals surface area contributed by atoms with E-state index in [1.54, 1.807) is 0 Å². The molecule has 26 heavy (non-hydrogen) atoms. The Morgan fingerprint density at radius 2 is 1.96 bits per heavy atom. The molecule has 1 amide bonds. The van der Waals surface area contributed by atoms with Gasteiger partial charge in [0.05, 0.1) is 6.04 Å². The third-order valence-electron chi connectivity index (χ3n) is 5.13. The molecule has 0 aliphatic carbocycles. The van der Waals surface area contributed by atoms with E-state index in [0.29, 0.717) is 12.5 Å². The van der Waals surface area contributed by atoms with Crippen LogP contribution in [-0.4, -0.2) is 11.9 Å². The first kappa shape index (κ1) is 17.3. The van der Waals surface area contributed by atoms with Gasteiger partial charge in [-0.25, -0.2) is 0 Å². The topological polar surface area (TPSA) is 41.1 Å². The maximum Gasteiger partial charge on any atom is 0.237 e. The first-order chi connectivity index (χ1) is 12.6. The number of hydrogen-bond acceptors (Lipinski definition) is 3. The zero-order chi connectivity index (χ0) is 18.1. The zero-order valence-electron chi connectivity index (χ0n) is 15.2. The van der Waals surface area contributed by atoms with Crippen LogP contribution in [0.3, 0.4) is 0 Å². The molecule has 4 heteroatoms. The molecule has 1 aliphatic heterocycles. The minimum absolute atomic E-state index is 0.0823. The van der Waals surface area contributed by atoms with Crippen LogP contribution in [-0.2, 0) is 24.3 Å². The Kier molecular flexibility index (Phi) is 4.79. The molecule has 0 bridgehead atoms. The van der Waals surface area contributed by atoms with Crippen LogP contribution in [0.5, 0.6) is 0 Å². The van der Waals surface area contributed by atoms with Gasteiger partial charge < -0.3 is 10.6 Å². The van der Waals surface area contributed by atoms with Crippen LogP contribution >= 0.6 is 11.3 Å². The molecule has 0 fully saturated rings. The van der Waals surface area contributed by atoms with Gasteiger partial charge >= 0.3 is 0 Å². The first-order valence-electron chi connectivity index (χ1n) is 9.21. The molecule has 1 atom stereocenters. The molecule has 134 valence electrons. The van der Waals surface area contributed by atoms with E-state index in [-0.39, 0.29) is 11.9 Å². The molecule has 0 spiro atoms. The minimum Gasteiger partial charge on any atom is -0.351 e. The summed E-state index contributed by atoms with van der Waals surface area (Å²) in [7, 11) is 0. The Morgan fingerprint density at radius 3 is 2.73 bits per heavy atom. The number of amides is 1. The summed E-state index contributed by atoms with van der Waals surface area (Å²) >= 11 is 1.83. The van der Waals surface area contributed by atoms with E-state index < -0.39 is 0 Å². The second-order valence-corrected chi connectivity index (χ2v) is 8.39. The largest absolute Gasteiger partial charge is 0.351 e. The van der Waals surface area contributed by atoms with Gasteiger partial charge in [-0.05, 0) is 40.5 Å². The SMILES string of the molecule is CC(C)c1ccc(CNC(=O)[C@H]2Cc3c(sc4ccccc34)CN2)cc1. The molecule has 3 nitrogen and oxygen atoms in total. The van der Waals surface area contributed by atoms with E-state index >= 15 is 0 Å². The summed E-state index contributed by atoms with van der Waals surface area (Å²) in [4.78, 5) is 14.0. The molecule has 1 aliphatic rings. The van der Waals surface area contributed by atoms with Gasteiger partial charge in [-0.1, -0.05) is 56.3 Å². The molecular formula is C22H24N2OS. The lowest BCUT2D eigenvalue weighted by Crippen LogP contribution is -2.47. The molecule has 0 unspecified atom stereocenters. The Balaban J connectivity index is 1.41. The fourth-order valence-electron chi connectivity index (χ4n) is 3.53. The van der Waals surface area contributed by atoms with E-state index in [9.17, 15) is 4.79 Å². The lowest BCUT2D eigenvalue weighted by Gasteiger charge is -2.23. The van der Waals surface area contributed by atoms with Crippen molar-refractivity contribution in [2.75, 3.05) is 0 Å². The summed E-state index contributed by atoms with van der Waals surface area (Å²) in [5.41, 5.74) is 3.80. The predicted octanol–water partition coefficient (Wildman–Crippen LogP) is 4.36. The molecule has 2 N–H and O–H groups in total. The number of fused-ring (bicyclic) bond motifs is 3. The number of carbonyl (C=O) groups excluding carboxylic acids is 1. The average molecular weight is 365 g/mol. The quantitative estimate of drug-likeness (QED) is 0.722. The van der Waals surface area contributed by atoms with Crippen LogP contribution in [0, 0.1) is 0 Å². The standard InChI is InChI=1S/C22H24N2OS/c1-14(2)16-9-7-15(8-10-16)12-24-22(25)19-11-18-17-5-3-4-6-20(17)26-21(18)13-23-19/h3-10,14,19,23H,11-13H2,1-2H3,(H,24,25)/t19-/m1/s1. The highest BCUT2D eigenvalue weighted by Crippen LogP contribution is 2.34. The van der Waals surface area contributed by atoms with Gasteiger partial charge in [0.25, 0.3) is 0 Å². The number of hydrogen-bond donors (Lipinski definition) is 2. The number of nitrogens with one attached hydrogen (secondary N) is 2. The van der Waals surface area contributed by atoms with Gasteiger partial charge in [0.2, 0.25) is 5.91 Å². The van der Waals surface area contributed by atoms with Crippen LogP contribution in [0.25, 0.3) is 10.1 Å². The molecular weight excluding hydrogens is 340 g/mol. The lowest BCUT2D eigenvalue weighted by atomic mass is 9.98. The van der Waals surface area contributed by atoms with Crippen molar-refractivity contribution < 1.29 is 4.79 Å². The monoisotopic (exact) mass is 364 g/mol. The van der Waals surface area contributed by atoms with Crippen molar-refractivity contribution >= 4 is 27.3 Å².